The Hall–Kier alpha value is -1.66. The first-order valence-corrected chi connectivity index (χ1v) is 6.48. The van der Waals surface area contributed by atoms with Crippen LogP contribution in [0.2, 0.25) is 0 Å². The van der Waals surface area contributed by atoms with Gasteiger partial charge in [0.15, 0.2) is 5.78 Å². The van der Waals surface area contributed by atoms with Gasteiger partial charge in [0.2, 0.25) is 5.91 Å². The number of amides is 1. The fourth-order valence-corrected chi connectivity index (χ4v) is 2.13. The number of aromatic nitrogens is 1. The Morgan fingerprint density at radius 1 is 1.58 bits per heavy atom. The van der Waals surface area contributed by atoms with Gasteiger partial charge in [-0.2, -0.15) is 0 Å². The van der Waals surface area contributed by atoms with Gasteiger partial charge in [0.25, 0.3) is 0 Å². The Morgan fingerprint density at radius 2 is 2.42 bits per heavy atom. The summed E-state index contributed by atoms with van der Waals surface area (Å²) in [5.41, 5.74) is 0.571. The van der Waals surface area contributed by atoms with Crippen LogP contribution in [0.3, 0.4) is 0 Å². The number of hydrogen-bond acceptors (Lipinski definition) is 4. The molecule has 0 aromatic carbocycles. The minimum Gasteiger partial charge on any atom is -0.378 e. The van der Waals surface area contributed by atoms with Gasteiger partial charge in [-0.1, -0.05) is 0 Å². The molecule has 0 spiro atoms. The molecule has 0 aliphatic carbocycles. The largest absolute Gasteiger partial charge is 0.378 e. The SMILES string of the molecule is CCNC(=O)C1COCCN1CC(=O)c1ccc[nH]1. The lowest BCUT2D eigenvalue weighted by atomic mass is 10.1. The average molecular weight is 265 g/mol. The van der Waals surface area contributed by atoms with Crippen molar-refractivity contribution in [2.75, 3.05) is 32.8 Å². The first-order valence-electron chi connectivity index (χ1n) is 6.48. The highest BCUT2D eigenvalue weighted by Gasteiger charge is 2.30. The first-order chi connectivity index (χ1) is 9.22. The van der Waals surface area contributed by atoms with Gasteiger partial charge in [-0.25, -0.2) is 0 Å². The molecule has 1 fully saturated rings. The van der Waals surface area contributed by atoms with E-state index < -0.39 is 0 Å². The summed E-state index contributed by atoms with van der Waals surface area (Å²) in [7, 11) is 0. The molecule has 2 heterocycles. The minimum atomic E-state index is -0.382. The van der Waals surface area contributed by atoms with E-state index in [1.165, 1.54) is 0 Å². The summed E-state index contributed by atoms with van der Waals surface area (Å²) in [6, 6.07) is 3.14. The number of ketones is 1. The lowest BCUT2D eigenvalue weighted by molar-refractivity contribution is -0.131. The van der Waals surface area contributed by atoms with E-state index in [-0.39, 0.29) is 24.3 Å². The maximum Gasteiger partial charge on any atom is 0.239 e. The summed E-state index contributed by atoms with van der Waals surface area (Å²) < 4.78 is 5.33. The quantitative estimate of drug-likeness (QED) is 0.737. The highest BCUT2D eigenvalue weighted by atomic mass is 16.5. The summed E-state index contributed by atoms with van der Waals surface area (Å²) in [6.07, 6.45) is 1.72. The van der Waals surface area contributed by atoms with E-state index in [4.69, 9.17) is 4.74 Å². The molecule has 1 aliphatic rings. The predicted octanol–water partition coefficient (Wildman–Crippen LogP) is 0.0343. The van der Waals surface area contributed by atoms with Crippen LogP contribution in [0.1, 0.15) is 17.4 Å². The molecule has 2 rings (SSSR count). The molecule has 0 radical (unpaired) electrons. The molecule has 1 aromatic rings. The van der Waals surface area contributed by atoms with Crippen molar-refractivity contribution in [1.82, 2.24) is 15.2 Å². The van der Waals surface area contributed by atoms with E-state index in [1.807, 2.05) is 11.8 Å². The second-order valence-corrected chi connectivity index (χ2v) is 4.46. The Balaban J connectivity index is 1.99. The van der Waals surface area contributed by atoms with Crippen LogP contribution in [-0.4, -0.2) is 60.5 Å². The summed E-state index contributed by atoms with van der Waals surface area (Å²) in [5.74, 6) is -0.0947. The maximum absolute atomic E-state index is 12.1. The maximum atomic E-state index is 12.1. The van der Waals surface area contributed by atoms with Gasteiger partial charge in [-0.05, 0) is 19.1 Å². The Kier molecular flexibility index (Phi) is 4.70. The standard InChI is InChI=1S/C13H19N3O3/c1-2-14-13(18)11-9-19-7-6-16(11)8-12(17)10-4-3-5-15-10/h3-5,11,15H,2,6-9H2,1H3,(H,14,18). The zero-order valence-electron chi connectivity index (χ0n) is 11.0. The number of morpholine rings is 1. The number of carbonyl (C=O) groups excluding carboxylic acids is 2. The Labute approximate surface area is 112 Å². The average Bonchev–Trinajstić information content (AvgIpc) is 2.93. The molecule has 19 heavy (non-hydrogen) atoms. The van der Waals surface area contributed by atoms with Crippen LogP contribution in [0.15, 0.2) is 18.3 Å². The van der Waals surface area contributed by atoms with Crippen molar-refractivity contribution in [3.05, 3.63) is 24.0 Å². The number of H-pyrrole nitrogens is 1. The van der Waals surface area contributed by atoms with Crippen molar-refractivity contribution in [1.29, 1.82) is 0 Å². The molecule has 104 valence electrons. The topological polar surface area (TPSA) is 74.4 Å². The van der Waals surface area contributed by atoms with Crippen LogP contribution >= 0.6 is 0 Å². The molecule has 6 heteroatoms. The summed E-state index contributed by atoms with van der Waals surface area (Å²) >= 11 is 0. The number of ether oxygens (including phenoxy) is 1. The molecule has 1 aliphatic heterocycles. The number of carbonyl (C=O) groups is 2. The predicted molar refractivity (Wildman–Crippen MR) is 70.0 cm³/mol. The third kappa shape index (κ3) is 3.42. The zero-order valence-corrected chi connectivity index (χ0v) is 11.0. The number of nitrogens with one attached hydrogen (secondary N) is 2. The number of Topliss-reactive ketones (excluding diaryl/α,β-unsaturated/α-hetero) is 1. The van der Waals surface area contributed by atoms with Crippen molar-refractivity contribution < 1.29 is 14.3 Å². The lowest BCUT2D eigenvalue weighted by Crippen LogP contribution is -2.55. The fourth-order valence-electron chi connectivity index (χ4n) is 2.13. The smallest absolute Gasteiger partial charge is 0.239 e. The number of aromatic amines is 1. The van der Waals surface area contributed by atoms with Crippen molar-refractivity contribution in [2.24, 2.45) is 0 Å². The van der Waals surface area contributed by atoms with Gasteiger partial charge in [0.1, 0.15) is 6.04 Å². The van der Waals surface area contributed by atoms with Crippen LogP contribution < -0.4 is 5.32 Å². The molecule has 0 bridgehead atoms. The van der Waals surface area contributed by atoms with E-state index in [1.54, 1.807) is 18.3 Å². The Morgan fingerprint density at radius 3 is 3.11 bits per heavy atom. The second kappa shape index (κ2) is 6.49. The Bertz CT molecular complexity index is 430. The van der Waals surface area contributed by atoms with E-state index in [0.717, 1.165) is 0 Å². The summed E-state index contributed by atoms with van der Waals surface area (Å²) in [5, 5.41) is 2.77. The van der Waals surface area contributed by atoms with Gasteiger partial charge in [0, 0.05) is 19.3 Å². The molecule has 6 nitrogen and oxygen atoms in total. The minimum absolute atomic E-state index is 0.0128. The summed E-state index contributed by atoms with van der Waals surface area (Å²) in [4.78, 5) is 28.7. The normalized spacial score (nSPS) is 20.2. The molecule has 1 aromatic heterocycles. The van der Waals surface area contributed by atoms with Gasteiger partial charge in [-0.3, -0.25) is 14.5 Å². The highest BCUT2D eigenvalue weighted by Crippen LogP contribution is 2.09. The number of nitrogens with zero attached hydrogens (tertiary/aromatic N) is 1. The summed E-state index contributed by atoms with van der Waals surface area (Å²) in [6.45, 7) is 4.15. The van der Waals surface area contributed by atoms with Crippen LogP contribution in [0, 0.1) is 0 Å². The highest BCUT2D eigenvalue weighted by molar-refractivity contribution is 5.96. The first kappa shape index (κ1) is 13.8. The molecule has 0 saturated carbocycles. The monoisotopic (exact) mass is 265 g/mol. The van der Waals surface area contributed by atoms with Crippen molar-refractivity contribution in [3.63, 3.8) is 0 Å². The van der Waals surface area contributed by atoms with E-state index >= 15 is 0 Å². The van der Waals surface area contributed by atoms with Crippen LogP contribution in [0.25, 0.3) is 0 Å². The molecule has 2 N–H and O–H groups in total. The van der Waals surface area contributed by atoms with Crippen molar-refractivity contribution >= 4 is 11.7 Å². The number of rotatable bonds is 5. The molecule has 1 saturated heterocycles. The van der Waals surface area contributed by atoms with Crippen molar-refractivity contribution in [3.8, 4) is 0 Å². The van der Waals surface area contributed by atoms with E-state index in [0.29, 0.717) is 32.0 Å². The second-order valence-electron chi connectivity index (χ2n) is 4.46. The van der Waals surface area contributed by atoms with Gasteiger partial charge < -0.3 is 15.0 Å². The zero-order chi connectivity index (χ0) is 13.7. The number of hydrogen-bond donors (Lipinski definition) is 2. The molecular weight excluding hydrogens is 246 g/mol. The van der Waals surface area contributed by atoms with E-state index in [2.05, 4.69) is 10.3 Å². The lowest BCUT2D eigenvalue weighted by Gasteiger charge is -2.33. The van der Waals surface area contributed by atoms with Gasteiger partial charge >= 0.3 is 0 Å². The fraction of sp³-hybridized carbons (Fsp3) is 0.538. The van der Waals surface area contributed by atoms with E-state index in [9.17, 15) is 9.59 Å². The molecule has 1 amide bonds. The van der Waals surface area contributed by atoms with Crippen molar-refractivity contribution in [2.45, 2.75) is 13.0 Å². The third-order valence-electron chi connectivity index (χ3n) is 3.14. The molecule has 1 atom stereocenters. The van der Waals surface area contributed by atoms with Crippen LogP contribution in [-0.2, 0) is 9.53 Å². The molecule has 1 unspecified atom stereocenters. The van der Waals surface area contributed by atoms with Crippen LogP contribution in [0.5, 0.6) is 0 Å². The third-order valence-corrected chi connectivity index (χ3v) is 3.14. The van der Waals surface area contributed by atoms with Gasteiger partial charge in [0.05, 0.1) is 25.5 Å². The van der Waals surface area contributed by atoms with Crippen LogP contribution in [0.4, 0.5) is 0 Å². The van der Waals surface area contributed by atoms with Gasteiger partial charge in [-0.15, -0.1) is 0 Å². The number of likely N-dealkylation sites (N-methyl/N-ethyl adjacent to an activating group) is 1. The molecular formula is C13H19N3O3.